The van der Waals surface area contributed by atoms with E-state index in [0.717, 1.165) is 35.7 Å². The molecule has 2 aliphatic rings. The molecule has 30 heavy (non-hydrogen) atoms. The van der Waals surface area contributed by atoms with Gasteiger partial charge in [0.15, 0.2) is 0 Å². The minimum absolute atomic E-state index is 0.436. The summed E-state index contributed by atoms with van der Waals surface area (Å²) in [5.74, 6) is 0.963. The van der Waals surface area contributed by atoms with Crippen molar-refractivity contribution in [2.75, 3.05) is 19.5 Å². The molecule has 0 unspecified atom stereocenters. The topological polar surface area (TPSA) is 99.4 Å². The van der Waals surface area contributed by atoms with Crippen LogP contribution in [0.4, 0.5) is 0 Å². The van der Waals surface area contributed by atoms with E-state index in [-0.39, 0.29) is 0 Å². The lowest BCUT2D eigenvalue weighted by Crippen LogP contribution is -2.55. The van der Waals surface area contributed by atoms with Crippen LogP contribution in [0.2, 0.25) is 0 Å². The number of ether oxygens (including phenoxy) is 2. The lowest BCUT2D eigenvalue weighted by Gasteiger charge is -2.40. The number of hydrogen-bond acceptors (Lipinski definition) is 7. The number of thioether (sulfide) groups is 1. The molecule has 0 aliphatic carbocycles. The van der Waals surface area contributed by atoms with Gasteiger partial charge in [-0.1, -0.05) is 24.3 Å². The Balaban J connectivity index is 1.62. The van der Waals surface area contributed by atoms with Crippen LogP contribution in [0.25, 0.3) is 0 Å². The highest BCUT2D eigenvalue weighted by molar-refractivity contribution is 7.98. The number of benzene rings is 2. The zero-order chi connectivity index (χ0) is 21.3. The van der Waals surface area contributed by atoms with Crippen LogP contribution in [-0.4, -0.2) is 64.3 Å². The molecule has 0 aromatic heterocycles. The normalized spacial score (nSPS) is 28.6. The van der Waals surface area contributed by atoms with Crippen LogP contribution in [0.15, 0.2) is 41.3 Å². The van der Waals surface area contributed by atoms with E-state index in [0.29, 0.717) is 12.0 Å². The molecule has 2 heterocycles. The first-order valence-corrected chi connectivity index (χ1v) is 11.5. The largest absolute Gasteiger partial charge is 0.493 e. The maximum Gasteiger partial charge on any atom is 0.122 e. The van der Waals surface area contributed by atoms with Gasteiger partial charge in [0.1, 0.15) is 36.3 Å². The van der Waals surface area contributed by atoms with Gasteiger partial charge < -0.3 is 29.9 Å². The molecule has 162 valence electrons. The minimum Gasteiger partial charge on any atom is -0.493 e. The molecule has 0 amide bonds. The molecule has 4 N–H and O–H groups in total. The van der Waals surface area contributed by atoms with E-state index in [2.05, 4.69) is 12.1 Å². The Labute approximate surface area is 180 Å². The molecule has 2 aliphatic heterocycles. The van der Waals surface area contributed by atoms with Crippen LogP contribution >= 0.6 is 11.8 Å². The minimum atomic E-state index is -1.38. The van der Waals surface area contributed by atoms with E-state index in [9.17, 15) is 20.4 Å². The van der Waals surface area contributed by atoms with Gasteiger partial charge in [-0.05, 0) is 59.9 Å². The lowest BCUT2D eigenvalue weighted by molar-refractivity contribution is -0.231. The van der Waals surface area contributed by atoms with Crippen molar-refractivity contribution in [2.45, 2.75) is 54.7 Å². The summed E-state index contributed by atoms with van der Waals surface area (Å²) in [5.41, 5.74) is 4.21. The molecular weight excluding hydrogens is 404 g/mol. The zero-order valence-corrected chi connectivity index (χ0v) is 17.7. The fourth-order valence-electron chi connectivity index (χ4n) is 4.23. The van der Waals surface area contributed by atoms with E-state index in [1.54, 1.807) is 11.8 Å². The summed E-state index contributed by atoms with van der Waals surface area (Å²) in [4.78, 5) is 1.12. The molecule has 7 heteroatoms. The van der Waals surface area contributed by atoms with Gasteiger partial charge >= 0.3 is 0 Å². The van der Waals surface area contributed by atoms with Gasteiger partial charge in [0.2, 0.25) is 0 Å². The number of rotatable bonds is 5. The predicted molar refractivity (Wildman–Crippen MR) is 114 cm³/mol. The molecule has 0 spiro atoms. The van der Waals surface area contributed by atoms with Gasteiger partial charge in [-0.2, -0.15) is 0 Å². The van der Waals surface area contributed by atoms with Crippen LogP contribution in [0.5, 0.6) is 5.75 Å². The zero-order valence-electron chi connectivity index (χ0n) is 16.9. The quantitative estimate of drug-likeness (QED) is 0.535. The molecule has 5 atom stereocenters. The summed E-state index contributed by atoms with van der Waals surface area (Å²) in [6, 6.07) is 12.1. The van der Waals surface area contributed by atoms with Crippen molar-refractivity contribution in [2.24, 2.45) is 0 Å². The summed E-state index contributed by atoms with van der Waals surface area (Å²) in [5, 5.41) is 40.1. The first kappa shape index (κ1) is 21.6. The van der Waals surface area contributed by atoms with Crippen LogP contribution < -0.4 is 4.74 Å². The molecule has 1 fully saturated rings. The third-order valence-electron chi connectivity index (χ3n) is 5.89. The number of fused-ring (bicyclic) bond motifs is 1. The van der Waals surface area contributed by atoms with Crippen molar-refractivity contribution in [1.82, 2.24) is 0 Å². The van der Waals surface area contributed by atoms with E-state index >= 15 is 0 Å². The molecule has 2 aromatic rings. The fourth-order valence-corrected chi connectivity index (χ4v) is 4.83. The van der Waals surface area contributed by atoms with Gasteiger partial charge in [0, 0.05) is 4.90 Å². The highest BCUT2D eigenvalue weighted by atomic mass is 32.2. The Kier molecular flexibility index (Phi) is 6.67. The fraction of sp³-hybridized carbons (Fsp3) is 0.478. The van der Waals surface area contributed by atoms with Crippen molar-refractivity contribution in [3.05, 3.63) is 58.7 Å². The summed E-state index contributed by atoms with van der Waals surface area (Å²) < 4.78 is 11.4. The SMILES string of the molecule is CSc1ccc([C@@H]2O[C@H](CO)[C@@H](O)[C@H](O)[C@H]2O)cc1Cc1ccc2c(c1)CCCO2. The van der Waals surface area contributed by atoms with Crippen LogP contribution in [0.1, 0.15) is 34.8 Å². The van der Waals surface area contributed by atoms with E-state index in [1.807, 2.05) is 30.5 Å². The van der Waals surface area contributed by atoms with Crippen molar-refractivity contribution in [3.63, 3.8) is 0 Å². The smallest absolute Gasteiger partial charge is 0.122 e. The molecule has 4 rings (SSSR count). The highest BCUT2D eigenvalue weighted by Gasteiger charge is 2.44. The molecule has 0 bridgehead atoms. The average Bonchev–Trinajstić information content (AvgIpc) is 2.77. The maximum atomic E-state index is 10.5. The van der Waals surface area contributed by atoms with Crippen LogP contribution in [0.3, 0.4) is 0 Å². The monoisotopic (exact) mass is 432 g/mol. The second-order valence-corrected chi connectivity index (χ2v) is 8.74. The van der Waals surface area contributed by atoms with Gasteiger partial charge in [-0.3, -0.25) is 0 Å². The maximum absolute atomic E-state index is 10.5. The van der Waals surface area contributed by atoms with E-state index < -0.39 is 37.1 Å². The molecule has 0 radical (unpaired) electrons. The summed E-state index contributed by atoms with van der Waals surface area (Å²) in [6.45, 7) is 0.332. The van der Waals surface area contributed by atoms with Crippen LogP contribution in [-0.2, 0) is 17.6 Å². The number of hydrogen-bond donors (Lipinski definition) is 4. The third kappa shape index (κ3) is 4.23. The Hall–Kier alpha value is -1.61. The highest BCUT2D eigenvalue weighted by Crippen LogP contribution is 2.35. The molecular formula is C23H28O6S. The van der Waals surface area contributed by atoms with Gasteiger partial charge in [0.25, 0.3) is 0 Å². The second kappa shape index (κ2) is 9.26. The molecule has 1 saturated heterocycles. The Morgan fingerprint density at radius 1 is 1.03 bits per heavy atom. The molecule has 0 saturated carbocycles. The first-order chi connectivity index (χ1) is 14.5. The van der Waals surface area contributed by atoms with Crippen molar-refractivity contribution < 1.29 is 29.9 Å². The standard InChI is InChI=1S/C23H28O6S/c1-30-19-7-5-15(23-22(27)21(26)20(25)18(12-24)29-23)11-16(19)10-13-4-6-17-14(9-13)3-2-8-28-17/h4-7,9,11,18,20-27H,2-3,8,10,12H2,1H3/t18-,20-,21+,22-,23+/m1/s1. The van der Waals surface area contributed by atoms with Gasteiger partial charge in [-0.25, -0.2) is 0 Å². The van der Waals surface area contributed by atoms with Crippen molar-refractivity contribution >= 4 is 11.8 Å². The first-order valence-electron chi connectivity index (χ1n) is 10.2. The Bertz CT molecular complexity index is 886. The predicted octanol–water partition coefficient (Wildman–Crippen LogP) is 1.84. The summed E-state index contributed by atoms with van der Waals surface area (Å²) in [7, 11) is 0. The summed E-state index contributed by atoms with van der Waals surface area (Å²) >= 11 is 1.65. The van der Waals surface area contributed by atoms with Gasteiger partial charge in [0.05, 0.1) is 13.2 Å². The number of aliphatic hydroxyl groups excluding tert-OH is 4. The lowest BCUT2D eigenvalue weighted by atomic mass is 9.90. The second-order valence-electron chi connectivity index (χ2n) is 7.89. The third-order valence-corrected chi connectivity index (χ3v) is 6.73. The molecule has 6 nitrogen and oxygen atoms in total. The number of aryl methyl sites for hydroxylation is 1. The number of aliphatic hydroxyl groups is 4. The Morgan fingerprint density at radius 3 is 2.63 bits per heavy atom. The average molecular weight is 433 g/mol. The van der Waals surface area contributed by atoms with Gasteiger partial charge in [-0.15, -0.1) is 11.8 Å². The van der Waals surface area contributed by atoms with E-state index in [1.165, 1.54) is 11.1 Å². The summed E-state index contributed by atoms with van der Waals surface area (Å²) in [6.07, 6.45) is -0.986. The van der Waals surface area contributed by atoms with E-state index in [4.69, 9.17) is 9.47 Å². The van der Waals surface area contributed by atoms with Crippen molar-refractivity contribution in [1.29, 1.82) is 0 Å². The van der Waals surface area contributed by atoms with Crippen molar-refractivity contribution in [3.8, 4) is 5.75 Å². The molecule has 2 aromatic carbocycles. The van der Waals surface area contributed by atoms with Crippen LogP contribution in [0, 0.1) is 0 Å². The Morgan fingerprint density at radius 2 is 1.87 bits per heavy atom.